The molecule has 6 nitrogen and oxygen atoms in total. The van der Waals surface area contributed by atoms with Crippen molar-refractivity contribution in [2.24, 2.45) is 11.8 Å². The molecule has 104 valence electrons. The average Bonchev–Trinajstić information content (AvgIpc) is 3.10. The molecule has 1 aliphatic heterocycles. The van der Waals surface area contributed by atoms with Crippen LogP contribution in [-0.2, 0) is 4.79 Å². The lowest BCUT2D eigenvalue weighted by atomic mass is 9.97. The van der Waals surface area contributed by atoms with Crippen LogP contribution in [0.4, 0.5) is 5.69 Å². The number of carbonyl (C=O) groups excluding carboxylic acids is 1. The van der Waals surface area contributed by atoms with Gasteiger partial charge in [0.15, 0.2) is 0 Å². The molecule has 0 bridgehead atoms. The number of nitrogens with one attached hydrogen (secondary N) is 2. The van der Waals surface area contributed by atoms with Crippen LogP contribution in [0, 0.1) is 11.8 Å². The Hall–Kier alpha value is -2.21. The fourth-order valence-electron chi connectivity index (χ4n) is 2.50. The Kier molecular flexibility index (Phi) is 3.47. The summed E-state index contributed by atoms with van der Waals surface area (Å²) in [6.45, 7) is 3.72. The molecule has 1 amide bonds. The quantitative estimate of drug-likeness (QED) is 0.875. The highest BCUT2D eigenvalue weighted by Crippen LogP contribution is 2.22. The van der Waals surface area contributed by atoms with E-state index >= 15 is 0 Å². The number of carbonyl (C=O) groups is 1. The molecule has 1 aromatic carbocycles. The third-order valence-electron chi connectivity index (χ3n) is 3.69. The van der Waals surface area contributed by atoms with Crippen molar-refractivity contribution < 1.29 is 4.79 Å². The van der Waals surface area contributed by atoms with Gasteiger partial charge in [0.05, 0.1) is 29.7 Å². The molecule has 0 radical (unpaired) electrons. The molecule has 20 heavy (non-hydrogen) atoms. The maximum Gasteiger partial charge on any atom is 0.229 e. The average molecular weight is 271 g/mol. The second kappa shape index (κ2) is 5.42. The number of para-hydroxylation sites is 2. The Morgan fingerprint density at radius 1 is 1.40 bits per heavy atom. The van der Waals surface area contributed by atoms with Gasteiger partial charge < -0.3 is 10.6 Å². The van der Waals surface area contributed by atoms with Gasteiger partial charge in [-0.3, -0.25) is 4.79 Å². The minimum absolute atomic E-state index is 0.0128. The van der Waals surface area contributed by atoms with Crippen molar-refractivity contribution in [1.82, 2.24) is 20.3 Å². The van der Waals surface area contributed by atoms with Gasteiger partial charge in [0.1, 0.15) is 0 Å². The zero-order valence-electron chi connectivity index (χ0n) is 11.3. The van der Waals surface area contributed by atoms with Crippen LogP contribution >= 0.6 is 0 Å². The van der Waals surface area contributed by atoms with Gasteiger partial charge in [-0.1, -0.05) is 24.3 Å². The lowest BCUT2D eigenvalue weighted by molar-refractivity contribution is -0.120. The van der Waals surface area contributed by atoms with Crippen molar-refractivity contribution in [3.8, 4) is 5.69 Å². The minimum Gasteiger partial charge on any atom is -0.324 e. The van der Waals surface area contributed by atoms with Gasteiger partial charge in [0.2, 0.25) is 5.91 Å². The predicted molar refractivity (Wildman–Crippen MR) is 75.5 cm³/mol. The van der Waals surface area contributed by atoms with E-state index in [2.05, 4.69) is 27.9 Å². The monoisotopic (exact) mass is 271 g/mol. The number of amides is 1. The molecule has 1 aliphatic rings. The van der Waals surface area contributed by atoms with Crippen molar-refractivity contribution in [2.75, 3.05) is 18.4 Å². The summed E-state index contributed by atoms with van der Waals surface area (Å²) in [7, 11) is 0. The molecule has 2 atom stereocenters. The SMILES string of the molecule is CC1CNCC1C(=O)Nc1ccccc1-n1ccnn1. The summed E-state index contributed by atoms with van der Waals surface area (Å²) in [5.41, 5.74) is 1.57. The Balaban J connectivity index is 1.83. The Morgan fingerprint density at radius 2 is 2.25 bits per heavy atom. The molecule has 0 spiro atoms. The third-order valence-corrected chi connectivity index (χ3v) is 3.69. The van der Waals surface area contributed by atoms with Crippen molar-refractivity contribution >= 4 is 11.6 Å². The van der Waals surface area contributed by atoms with E-state index in [-0.39, 0.29) is 11.8 Å². The molecule has 2 N–H and O–H groups in total. The maximum atomic E-state index is 12.4. The number of benzene rings is 1. The molecule has 2 unspecified atom stereocenters. The van der Waals surface area contributed by atoms with Crippen LogP contribution in [0.1, 0.15) is 6.92 Å². The molecule has 1 fully saturated rings. The topological polar surface area (TPSA) is 71.8 Å². The van der Waals surface area contributed by atoms with Gasteiger partial charge in [-0.05, 0) is 24.6 Å². The molecule has 6 heteroatoms. The fourth-order valence-corrected chi connectivity index (χ4v) is 2.50. The first-order chi connectivity index (χ1) is 9.75. The van der Waals surface area contributed by atoms with Crippen molar-refractivity contribution in [3.05, 3.63) is 36.7 Å². The number of hydrogen-bond donors (Lipinski definition) is 2. The number of rotatable bonds is 3. The molecule has 0 saturated carbocycles. The highest BCUT2D eigenvalue weighted by molar-refractivity contribution is 5.94. The smallest absolute Gasteiger partial charge is 0.229 e. The first-order valence-electron chi connectivity index (χ1n) is 6.73. The summed E-state index contributed by atoms with van der Waals surface area (Å²) in [5.74, 6) is 0.419. The van der Waals surface area contributed by atoms with Crippen LogP contribution in [0.25, 0.3) is 5.69 Å². The van der Waals surface area contributed by atoms with E-state index in [0.717, 1.165) is 24.5 Å². The molecule has 2 aromatic rings. The normalized spacial score (nSPS) is 21.9. The van der Waals surface area contributed by atoms with E-state index in [4.69, 9.17) is 0 Å². The number of nitrogens with zero attached hydrogens (tertiary/aromatic N) is 3. The molecule has 1 aromatic heterocycles. The van der Waals surface area contributed by atoms with E-state index in [0.29, 0.717) is 5.92 Å². The highest BCUT2D eigenvalue weighted by Gasteiger charge is 2.29. The Bertz CT molecular complexity index is 595. The summed E-state index contributed by atoms with van der Waals surface area (Å²) in [4.78, 5) is 12.4. The lowest BCUT2D eigenvalue weighted by Gasteiger charge is -2.16. The minimum atomic E-state index is 0.0128. The van der Waals surface area contributed by atoms with E-state index in [1.165, 1.54) is 0 Å². The van der Waals surface area contributed by atoms with Gasteiger partial charge in [-0.25, -0.2) is 4.68 Å². The van der Waals surface area contributed by atoms with Crippen LogP contribution in [0.2, 0.25) is 0 Å². The summed E-state index contributed by atoms with van der Waals surface area (Å²) < 4.78 is 1.64. The molecular weight excluding hydrogens is 254 g/mol. The van der Waals surface area contributed by atoms with Crippen LogP contribution < -0.4 is 10.6 Å². The zero-order valence-corrected chi connectivity index (χ0v) is 11.3. The summed E-state index contributed by atoms with van der Waals surface area (Å²) >= 11 is 0. The lowest BCUT2D eigenvalue weighted by Crippen LogP contribution is -2.28. The van der Waals surface area contributed by atoms with E-state index in [1.807, 2.05) is 24.3 Å². The van der Waals surface area contributed by atoms with E-state index < -0.39 is 0 Å². The molecule has 1 saturated heterocycles. The van der Waals surface area contributed by atoms with Gasteiger partial charge in [0, 0.05) is 6.54 Å². The summed E-state index contributed by atoms with van der Waals surface area (Å²) in [6.07, 6.45) is 3.37. The van der Waals surface area contributed by atoms with Gasteiger partial charge >= 0.3 is 0 Å². The molecule has 0 aliphatic carbocycles. The standard InChI is InChI=1S/C14H17N5O/c1-10-8-15-9-11(10)14(20)17-12-4-2-3-5-13(12)19-7-6-16-18-19/h2-7,10-11,15H,8-9H2,1H3,(H,17,20). The van der Waals surface area contributed by atoms with Crippen molar-refractivity contribution in [3.63, 3.8) is 0 Å². The van der Waals surface area contributed by atoms with Crippen LogP contribution in [0.3, 0.4) is 0 Å². The van der Waals surface area contributed by atoms with Crippen LogP contribution in [0.15, 0.2) is 36.7 Å². The first-order valence-corrected chi connectivity index (χ1v) is 6.73. The Labute approximate surface area is 117 Å². The summed E-state index contributed by atoms with van der Waals surface area (Å²) in [6, 6.07) is 7.58. The van der Waals surface area contributed by atoms with Gasteiger partial charge in [-0.2, -0.15) is 0 Å². The Morgan fingerprint density at radius 3 is 2.95 bits per heavy atom. The maximum absolute atomic E-state index is 12.4. The molecular formula is C14H17N5O. The first kappa shape index (κ1) is 12.8. The second-order valence-electron chi connectivity index (χ2n) is 5.10. The number of aromatic nitrogens is 3. The third kappa shape index (κ3) is 2.42. The van der Waals surface area contributed by atoms with Crippen LogP contribution in [0.5, 0.6) is 0 Å². The largest absolute Gasteiger partial charge is 0.324 e. The number of anilines is 1. The number of hydrogen-bond acceptors (Lipinski definition) is 4. The highest BCUT2D eigenvalue weighted by atomic mass is 16.2. The second-order valence-corrected chi connectivity index (χ2v) is 5.10. The van der Waals surface area contributed by atoms with E-state index in [1.54, 1.807) is 17.1 Å². The van der Waals surface area contributed by atoms with Gasteiger partial charge in [-0.15, -0.1) is 5.10 Å². The fraction of sp³-hybridized carbons (Fsp3) is 0.357. The van der Waals surface area contributed by atoms with E-state index in [9.17, 15) is 4.79 Å². The van der Waals surface area contributed by atoms with Crippen molar-refractivity contribution in [2.45, 2.75) is 6.92 Å². The van der Waals surface area contributed by atoms with Crippen LogP contribution in [-0.4, -0.2) is 34.0 Å². The van der Waals surface area contributed by atoms with Gasteiger partial charge in [0.25, 0.3) is 0 Å². The molecule has 2 heterocycles. The predicted octanol–water partition coefficient (Wildman–Crippen LogP) is 1.06. The summed E-state index contributed by atoms with van der Waals surface area (Å²) in [5, 5.41) is 14.0. The van der Waals surface area contributed by atoms with Crippen molar-refractivity contribution in [1.29, 1.82) is 0 Å². The zero-order chi connectivity index (χ0) is 13.9. The molecule has 3 rings (SSSR count).